The molecule has 1 atom stereocenters. The fourth-order valence-electron chi connectivity index (χ4n) is 1.12. The Morgan fingerprint density at radius 2 is 2.29 bits per heavy atom. The number of aromatic hydroxyl groups is 1. The highest BCUT2D eigenvalue weighted by Gasteiger charge is 2.12. The van der Waals surface area contributed by atoms with E-state index in [-0.39, 0.29) is 12.2 Å². The van der Waals surface area contributed by atoms with Crippen LogP contribution in [-0.2, 0) is 0 Å². The summed E-state index contributed by atoms with van der Waals surface area (Å²) in [5, 5.41) is 27.3. The number of benzene rings is 1. The van der Waals surface area contributed by atoms with Gasteiger partial charge < -0.3 is 14.9 Å². The Bertz CT molecular complexity index is 357. The Balaban J connectivity index is 3.00. The van der Waals surface area contributed by atoms with Gasteiger partial charge in [-0.25, -0.2) is 0 Å². The van der Waals surface area contributed by atoms with Crippen LogP contribution in [0.2, 0.25) is 0 Å². The standard InChI is InChI=1S/C10H11NO3/c1-14-7-2-3-9(12)8(6-7)10(13)4-5-11/h2-3,6,10,12-13H,4H2,1H3. The Morgan fingerprint density at radius 1 is 1.57 bits per heavy atom. The first kappa shape index (κ1) is 10.4. The van der Waals surface area contributed by atoms with E-state index in [4.69, 9.17) is 10.00 Å². The molecule has 0 spiro atoms. The maximum atomic E-state index is 9.48. The monoisotopic (exact) mass is 193 g/mol. The number of methoxy groups -OCH3 is 1. The third kappa shape index (κ3) is 2.15. The normalized spacial score (nSPS) is 11.8. The minimum absolute atomic E-state index is 0.0337. The lowest BCUT2D eigenvalue weighted by Gasteiger charge is -2.10. The second kappa shape index (κ2) is 4.49. The molecule has 1 unspecified atom stereocenters. The van der Waals surface area contributed by atoms with E-state index in [1.165, 1.54) is 19.2 Å². The maximum Gasteiger partial charge on any atom is 0.121 e. The second-order valence-electron chi connectivity index (χ2n) is 2.80. The van der Waals surface area contributed by atoms with Gasteiger partial charge in [-0.3, -0.25) is 0 Å². The van der Waals surface area contributed by atoms with Gasteiger partial charge in [0.15, 0.2) is 0 Å². The Kier molecular flexibility index (Phi) is 3.32. The molecule has 0 fully saturated rings. The molecule has 0 bridgehead atoms. The molecule has 0 aliphatic carbocycles. The average molecular weight is 193 g/mol. The smallest absolute Gasteiger partial charge is 0.121 e. The van der Waals surface area contributed by atoms with Crippen molar-refractivity contribution < 1.29 is 14.9 Å². The van der Waals surface area contributed by atoms with Crippen LogP contribution in [0.4, 0.5) is 0 Å². The van der Waals surface area contributed by atoms with Crippen LogP contribution >= 0.6 is 0 Å². The summed E-state index contributed by atoms with van der Waals surface area (Å²) in [6.07, 6.45) is -1.03. The first-order valence-corrected chi connectivity index (χ1v) is 4.11. The van der Waals surface area contributed by atoms with Crippen LogP contribution in [0, 0.1) is 11.3 Å². The molecule has 1 rings (SSSR count). The van der Waals surface area contributed by atoms with Crippen molar-refractivity contribution in [1.82, 2.24) is 0 Å². The number of aliphatic hydroxyl groups is 1. The molecule has 1 aromatic rings. The first-order chi connectivity index (χ1) is 6.69. The minimum Gasteiger partial charge on any atom is -0.508 e. The number of nitriles is 1. The number of ether oxygens (including phenoxy) is 1. The molecule has 0 saturated carbocycles. The predicted octanol–water partition coefficient (Wildman–Crippen LogP) is 1.35. The maximum absolute atomic E-state index is 9.48. The first-order valence-electron chi connectivity index (χ1n) is 4.11. The highest BCUT2D eigenvalue weighted by atomic mass is 16.5. The largest absolute Gasteiger partial charge is 0.508 e. The third-order valence-corrected chi connectivity index (χ3v) is 1.88. The van der Waals surface area contributed by atoms with Crippen LogP contribution in [0.15, 0.2) is 18.2 Å². The molecule has 1 aromatic carbocycles. The van der Waals surface area contributed by atoms with Gasteiger partial charge in [0.1, 0.15) is 11.5 Å². The van der Waals surface area contributed by atoms with Gasteiger partial charge in [-0.05, 0) is 18.2 Å². The predicted molar refractivity (Wildman–Crippen MR) is 49.8 cm³/mol. The summed E-state index contributed by atoms with van der Waals surface area (Å²) < 4.78 is 4.93. The van der Waals surface area contributed by atoms with Gasteiger partial charge in [0.2, 0.25) is 0 Å². The van der Waals surface area contributed by atoms with Crippen molar-refractivity contribution in [2.45, 2.75) is 12.5 Å². The van der Waals surface area contributed by atoms with Crippen LogP contribution in [0.5, 0.6) is 11.5 Å². The zero-order chi connectivity index (χ0) is 10.6. The zero-order valence-corrected chi connectivity index (χ0v) is 7.77. The number of rotatable bonds is 3. The van der Waals surface area contributed by atoms with Crippen LogP contribution in [0.1, 0.15) is 18.1 Å². The van der Waals surface area contributed by atoms with E-state index in [2.05, 4.69) is 0 Å². The lowest BCUT2D eigenvalue weighted by Crippen LogP contribution is -1.97. The summed E-state index contributed by atoms with van der Waals surface area (Å²) in [5.74, 6) is 0.503. The van der Waals surface area contributed by atoms with E-state index in [0.29, 0.717) is 11.3 Å². The molecular weight excluding hydrogens is 182 g/mol. The lowest BCUT2D eigenvalue weighted by molar-refractivity contribution is 0.179. The van der Waals surface area contributed by atoms with Gasteiger partial charge in [-0.1, -0.05) is 0 Å². The van der Waals surface area contributed by atoms with Crippen molar-refractivity contribution in [2.75, 3.05) is 7.11 Å². The fraction of sp³-hybridized carbons (Fsp3) is 0.300. The van der Waals surface area contributed by atoms with Gasteiger partial charge >= 0.3 is 0 Å². The molecule has 0 amide bonds. The molecule has 0 aliphatic heterocycles. The molecule has 14 heavy (non-hydrogen) atoms. The van der Waals surface area contributed by atoms with Crippen molar-refractivity contribution in [3.05, 3.63) is 23.8 Å². The molecule has 0 radical (unpaired) electrons. The van der Waals surface area contributed by atoms with Crippen molar-refractivity contribution in [3.63, 3.8) is 0 Å². The van der Waals surface area contributed by atoms with Crippen molar-refractivity contribution >= 4 is 0 Å². The van der Waals surface area contributed by atoms with Crippen molar-refractivity contribution in [3.8, 4) is 17.6 Å². The Morgan fingerprint density at radius 3 is 2.86 bits per heavy atom. The van der Waals surface area contributed by atoms with Gasteiger partial charge in [-0.2, -0.15) is 5.26 Å². The highest BCUT2D eigenvalue weighted by Crippen LogP contribution is 2.29. The average Bonchev–Trinajstić information content (AvgIpc) is 2.19. The quantitative estimate of drug-likeness (QED) is 0.759. The van der Waals surface area contributed by atoms with E-state index in [1.54, 1.807) is 6.07 Å². The number of aliphatic hydroxyl groups excluding tert-OH is 1. The Hall–Kier alpha value is -1.73. The van der Waals surface area contributed by atoms with Crippen molar-refractivity contribution in [1.29, 1.82) is 5.26 Å². The van der Waals surface area contributed by atoms with Gasteiger partial charge in [0.25, 0.3) is 0 Å². The van der Waals surface area contributed by atoms with Crippen LogP contribution in [0.3, 0.4) is 0 Å². The molecule has 0 heterocycles. The molecule has 0 aromatic heterocycles. The van der Waals surface area contributed by atoms with Gasteiger partial charge in [0.05, 0.1) is 25.7 Å². The van der Waals surface area contributed by atoms with Crippen LogP contribution in [0.25, 0.3) is 0 Å². The molecular formula is C10H11NO3. The summed E-state index contributed by atoms with van der Waals surface area (Å²) in [4.78, 5) is 0. The molecule has 0 aliphatic rings. The SMILES string of the molecule is COc1ccc(O)c(C(O)CC#N)c1. The number of hydrogen-bond donors (Lipinski definition) is 2. The number of nitrogens with zero attached hydrogens (tertiary/aromatic N) is 1. The van der Waals surface area contributed by atoms with E-state index in [9.17, 15) is 10.2 Å². The summed E-state index contributed by atoms with van der Waals surface area (Å²) in [6, 6.07) is 6.35. The summed E-state index contributed by atoms with van der Waals surface area (Å²) in [6.45, 7) is 0. The van der Waals surface area contributed by atoms with E-state index >= 15 is 0 Å². The summed E-state index contributed by atoms with van der Waals surface area (Å²) >= 11 is 0. The molecule has 0 saturated heterocycles. The fourth-order valence-corrected chi connectivity index (χ4v) is 1.12. The minimum atomic E-state index is -0.977. The summed E-state index contributed by atoms with van der Waals surface area (Å²) in [7, 11) is 1.49. The highest BCUT2D eigenvalue weighted by molar-refractivity contribution is 5.40. The van der Waals surface area contributed by atoms with E-state index in [1.807, 2.05) is 6.07 Å². The Labute approximate surface area is 82.0 Å². The molecule has 4 nitrogen and oxygen atoms in total. The molecule has 4 heteroatoms. The van der Waals surface area contributed by atoms with Gasteiger partial charge in [-0.15, -0.1) is 0 Å². The topological polar surface area (TPSA) is 73.5 Å². The van der Waals surface area contributed by atoms with E-state index < -0.39 is 6.10 Å². The van der Waals surface area contributed by atoms with Crippen LogP contribution < -0.4 is 4.74 Å². The lowest BCUT2D eigenvalue weighted by atomic mass is 10.1. The number of phenols is 1. The van der Waals surface area contributed by atoms with Crippen LogP contribution in [-0.4, -0.2) is 17.3 Å². The van der Waals surface area contributed by atoms with Gasteiger partial charge in [0, 0.05) is 5.56 Å². The number of phenolic OH excluding ortho intramolecular Hbond substituents is 1. The molecule has 2 N–H and O–H groups in total. The zero-order valence-electron chi connectivity index (χ0n) is 7.77. The third-order valence-electron chi connectivity index (χ3n) is 1.88. The van der Waals surface area contributed by atoms with Crippen molar-refractivity contribution in [2.24, 2.45) is 0 Å². The van der Waals surface area contributed by atoms with E-state index in [0.717, 1.165) is 0 Å². The number of hydrogen-bond acceptors (Lipinski definition) is 4. The molecule has 74 valence electrons. The summed E-state index contributed by atoms with van der Waals surface area (Å²) in [5.41, 5.74) is 0.311. The second-order valence-corrected chi connectivity index (χ2v) is 2.80.